The summed E-state index contributed by atoms with van der Waals surface area (Å²) in [7, 11) is -4.46. The molecular formula is C14H12ClFN2O6S2. The molecule has 26 heavy (non-hydrogen) atoms. The van der Waals surface area contributed by atoms with Crippen molar-refractivity contribution >= 4 is 50.0 Å². The molecule has 2 rings (SSSR count). The lowest BCUT2D eigenvalue weighted by Crippen LogP contribution is -2.16. The van der Waals surface area contributed by atoms with Crippen molar-refractivity contribution in [2.75, 3.05) is 11.3 Å². The highest BCUT2D eigenvalue weighted by atomic mass is 35.5. The van der Waals surface area contributed by atoms with Crippen LogP contribution in [0, 0.1) is 5.82 Å². The molecule has 0 amide bonds. The predicted octanol–water partition coefficient (Wildman–Crippen LogP) is 2.54. The van der Waals surface area contributed by atoms with Crippen molar-refractivity contribution in [2.45, 2.75) is 18.2 Å². The Hall–Kier alpha value is -2.24. The van der Waals surface area contributed by atoms with Crippen molar-refractivity contribution in [3.63, 3.8) is 0 Å². The van der Waals surface area contributed by atoms with E-state index in [9.17, 15) is 22.4 Å². The van der Waals surface area contributed by atoms with Gasteiger partial charge in [0.2, 0.25) is 0 Å². The number of nitrogens with zero attached hydrogens (tertiary/aromatic N) is 1. The van der Waals surface area contributed by atoms with Gasteiger partial charge in [0, 0.05) is 5.38 Å². The van der Waals surface area contributed by atoms with E-state index < -0.39 is 43.3 Å². The molecule has 0 aliphatic heterocycles. The fraction of sp³-hybridized carbons (Fsp3) is 0.214. The van der Waals surface area contributed by atoms with Crippen molar-refractivity contribution < 1.29 is 32.2 Å². The van der Waals surface area contributed by atoms with Gasteiger partial charge in [-0.2, -0.15) is 0 Å². The molecule has 1 heterocycles. The number of hydrogen-bond donors (Lipinski definition) is 2. The van der Waals surface area contributed by atoms with Gasteiger partial charge < -0.3 is 9.84 Å². The van der Waals surface area contributed by atoms with Gasteiger partial charge in [0.15, 0.2) is 5.13 Å². The van der Waals surface area contributed by atoms with Crippen LogP contribution in [0.2, 0.25) is 5.02 Å². The van der Waals surface area contributed by atoms with Crippen LogP contribution in [0.4, 0.5) is 9.52 Å². The number of carboxylic acid groups (broad SMARTS) is 1. The number of nitrogens with one attached hydrogen (secondary N) is 1. The van der Waals surface area contributed by atoms with E-state index in [4.69, 9.17) is 21.4 Å². The number of carboxylic acids is 1. The summed E-state index contributed by atoms with van der Waals surface area (Å²) in [6.45, 7) is 1.84. The normalized spacial score (nSPS) is 11.2. The largest absolute Gasteiger partial charge is 0.478 e. The molecule has 2 N–H and O–H groups in total. The first kappa shape index (κ1) is 20.1. The number of aromatic nitrogens is 1. The van der Waals surface area contributed by atoms with Crippen LogP contribution in [0.15, 0.2) is 22.4 Å². The second kappa shape index (κ2) is 7.98. The van der Waals surface area contributed by atoms with Gasteiger partial charge in [-0.3, -0.25) is 9.52 Å². The topological polar surface area (TPSA) is 123 Å². The van der Waals surface area contributed by atoms with E-state index in [2.05, 4.69) is 4.98 Å². The number of halogens is 2. The Morgan fingerprint density at radius 2 is 2.12 bits per heavy atom. The second-order valence-corrected chi connectivity index (χ2v) is 7.72. The molecule has 0 radical (unpaired) electrons. The van der Waals surface area contributed by atoms with Crippen LogP contribution in [0.5, 0.6) is 0 Å². The predicted molar refractivity (Wildman–Crippen MR) is 91.6 cm³/mol. The molecule has 0 saturated carbocycles. The molecule has 0 aliphatic carbocycles. The van der Waals surface area contributed by atoms with E-state index >= 15 is 0 Å². The summed E-state index contributed by atoms with van der Waals surface area (Å²) in [5.41, 5.74) is -0.287. The van der Waals surface area contributed by atoms with Crippen molar-refractivity contribution in [1.29, 1.82) is 0 Å². The molecule has 1 aromatic heterocycles. The van der Waals surface area contributed by atoms with Crippen molar-refractivity contribution in [1.82, 2.24) is 4.98 Å². The summed E-state index contributed by atoms with van der Waals surface area (Å²) in [6, 6.07) is 1.23. The van der Waals surface area contributed by atoms with Gasteiger partial charge in [-0.05, 0) is 19.1 Å². The fourth-order valence-electron chi connectivity index (χ4n) is 1.86. The molecule has 0 unspecified atom stereocenters. The number of hydrogen-bond acceptors (Lipinski definition) is 7. The van der Waals surface area contributed by atoms with Gasteiger partial charge in [0.05, 0.1) is 29.3 Å². The zero-order chi connectivity index (χ0) is 19.5. The van der Waals surface area contributed by atoms with Crippen molar-refractivity contribution in [2.24, 2.45) is 0 Å². The number of sulfonamides is 1. The zero-order valence-electron chi connectivity index (χ0n) is 13.2. The van der Waals surface area contributed by atoms with Gasteiger partial charge in [0.1, 0.15) is 10.7 Å². The lowest BCUT2D eigenvalue weighted by molar-refractivity contribution is -0.142. The van der Waals surface area contributed by atoms with Gasteiger partial charge in [-0.25, -0.2) is 22.6 Å². The summed E-state index contributed by atoms with van der Waals surface area (Å²) < 4.78 is 45.4. The summed E-state index contributed by atoms with van der Waals surface area (Å²) >= 11 is 6.47. The Balaban J connectivity index is 2.27. The monoisotopic (exact) mass is 422 g/mol. The zero-order valence-corrected chi connectivity index (χ0v) is 15.5. The Kier molecular flexibility index (Phi) is 6.16. The van der Waals surface area contributed by atoms with E-state index in [1.54, 1.807) is 6.92 Å². The van der Waals surface area contributed by atoms with Gasteiger partial charge in [-0.15, -0.1) is 11.3 Å². The van der Waals surface area contributed by atoms with E-state index in [1.165, 1.54) is 5.38 Å². The summed E-state index contributed by atoms with van der Waals surface area (Å²) in [5, 5.41) is 9.89. The standard InChI is InChI=1S/C14H12ClFN2O6S2/c1-2-24-12(19)3-7-6-25-14(17-7)18-26(22,23)11-4-8(13(20)21)9(15)5-10(11)16/h4-6H,2-3H2,1H3,(H,17,18)(H,20,21). The third-order valence-corrected chi connectivity index (χ3v) is 5.55. The number of carbonyl (C=O) groups excluding carboxylic acids is 1. The van der Waals surface area contributed by atoms with E-state index in [0.717, 1.165) is 11.3 Å². The molecule has 2 aromatic rings. The van der Waals surface area contributed by atoms with Crippen LogP contribution < -0.4 is 4.72 Å². The van der Waals surface area contributed by atoms with Gasteiger partial charge in [0.25, 0.3) is 10.0 Å². The number of carbonyl (C=O) groups is 2. The first-order valence-corrected chi connectivity index (χ1v) is 9.73. The van der Waals surface area contributed by atoms with Crippen LogP contribution >= 0.6 is 22.9 Å². The van der Waals surface area contributed by atoms with Crippen LogP contribution in [0.25, 0.3) is 0 Å². The first-order chi connectivity index (χ1) is 12.1. The minimum absolute atomic E-state index is 0.115. The minimum atomic E-state index is -4.46. The van der Waals surface area contributed by atoms with Crippen molar-refractivity contribution in [3.05, 3.63) is 39.6 Å². The number of aromatic carboxylic acids is 1. The highest BCUT2D eigenvalue weighted by molar-refractivity contribution is 7.93. The van der Waals surface area contributed by atoms with Crippen LogP contribution in [-0.2, 0) is 26.0 Å². The maximum atomic E-state index is 14.0. The Morgan fingerprint density at radius 1 is 1.42 bits per heavy atom. The smallest absolute Gasteiger partial charge is 0.337 e. The van der Waals surface area contributed by atoms with Crippen LogP contribution in [0.1, 0.15) is 23.0 Å². The molecule has 0 fully saturated rings. The molecule has 0 spiro atoms. The summed E-state index contributed by atoms with van der Waals surface area (Å²) in [5.74, 6) is -3.24. The molecule has 0 atom stereocenters. The molecule has 1 aromatic carbocycles. The van der Waals surface area contributed by atoms with Gasteiger partial charge >= 0.3 is 11.9 Å². The number of anilines is 1. The molecule has 8 nitrogen and oxygen atoms in total. The Morgan fingerprint density at radius 3 is 2.73 bits per heavy atom. The molecule has 140 valence electrons. The average Bonchev–Trinajstić information content (AvgIpc) is 2.92. The number of rotatable bonds is 7. The quantitative estimate of drug-likeness (QED) is 0.657. The molecular weight excluding hydrogens is 411 g/mol. The summed E-state index contributed by atoms with van der Waals surface area (Å²) in [6.07, 6.45) is -0.148. The van der Waals surface area contributed by atoms with E-state index in [1.807, 2.05) is 4.72 Å². The second-order valence-electron chi connectivity index (χ2n) is 4.80. The van der Waals surface area contributed by atoms with Crippen molar-refractivity contribution in [3.8, 4) is 0 Å². The first-order valence-electron chi connectivity index (χ1n) is 6.99. The highest BCUT2D eigenvalue weighted by Crippen LogP contribution is 2.27. The lowest BCUT2D eigenvalue weighted by atomic mass is 10.2. The Labute approximate surface area is 156 Å². The van der Waals surface area contributed by atoms with Crippen LogP contribution in [0.3, 0.4) is 0 Å². The number of thiazole rings is 1. The number of ether oxygens (including phenoxy) is 1. The minimum Gasteiger partial charge on any atom is -0.478 e. The molecule has 0 aliphatic rings. The molecule has 12 heteroatoms. The number of benzene rings is 1. The maximum absolute atomic E-state index is 14.0. The third-order valence-electron chi connectivity index (χ3n) is 2.95. The molecule has 0 saturated heterocycles. The number of esters is 1. The van der Waals surface area contributed by atoms with E-state index in [-0.39, 0.29) is 23.9 Å². The third kappa shape index (κ3) is 4.68. The fourth-order valence-corrected chi connectivity index (χ4v) is 4.14. The summed E-state index contributed by atoms with van der Waals surface area (Å²) in [4.78, 5) is 25.5. The molecule has 0 bridgehead atoms. The highest BCUT2D eigenvalue weighted by Gasteiger charge is 2.24. The van der Waals surface area contributed by atoms with Gasteiger partial charge in [-0.1, -0.05) is 11.6 Å². The lowest BCUT2D eigenvalue weighted by Gasteiger charge is -2.08. The van der Waals surface area contributed by atoms with Crippen LogP contribution in [-0.4, -0.2) is 37.1 Å². The average molecular weight is 423 g/mol. The maximum Gasteiger partial charge on any atom is 0.337 e. The SMILES string of the molecule is CCOC(=O)Cc1csc(NS(=O)(=O)c2cc(C(=O)O)c(Cl)cc2F)n1. The van der Waals surface area contributed by atoms with E-state index in [0.29, 0.717) is 12.1 Å². The Bertz CT molecular complexity index is 960.